The maximum Gasteiger partial charge on any atom is 0.221 e. The Morgan fingerprint density at radius 1 is 1.35 bits per heavy atom. The van der Waals surface area contributed by atoms with Crippen molar-refractivity contribution in [2.75, 3.05) is 26.2 Å². The highest BCUT2D eigenvalue weighted by Gasteiger charge is 2.05. The second kappa shape index (κ2) is 15.9. The van der Waals surface area contributed by atoms with Gasteiger partial charge in [-0.1, -0.05) is 6.92 Å². The van der Waals surface area contributed by atoms with Crippen LogP contribution in [-0.4, -0.2) is 44.1 Å². The Kier molecular flexibility index (Phi) is 15.1. The number of halogens is 1. The Morgan fingerprint density at radius 2 is 2.15 bits per heavy atom. The van der Waals surface area contributed by atoms with Crippen LogP contribution in [0.2, 0.25) is 0 Å². The average Bonchev–Trinajstić information content (AvgIpc) is 3.11. The van der Waals surface area contributed by atoms with Gasteiger partial charge in [-0.05, 0) is 38.8 Å². The third kappa shape index (κ3) is 12.1. The molecule has 26 heavy (non-hydrogen) atoms. The van der Waals surface area contributed by atoms with Gasteiger partial charge in [-0.25, -0.2) is 0 Å². The van der Waals surface area contributed by atoms with E-state index < -0.39 is 0 Å². The average molecular weight is 480 g/mol. The summed E-state index contributed by atoms with van der Waals surface area (Å²) in [5.41, 5.74) is 0. The van der Waals surface area contributed by atoms with Gasteiger partial charge in [0.25, 0.3) is 0 Å². The van der Waals surface area contributed by atoms with Crippen molar-refractivity contribution < 1.29 is 13.9 Å². The fraction of sp³-hybridized carbons (Fsp3) is 0.667. The second-order valence-electron chi connectivity index (χ2n) is 5.80. The number of ether oxygens (including phenoxy) is 1. The predicted molar refractivity (Wildman–Crippen MR) is 115 cm³/mol. The first-order chi connectivity index (χ1) is 12.2. The Bertz CT molecular complexity index is 495. The standard InChI is InChI=1S/C18H32N4O3.HI/c1-4-15(3)22-17(23)9-11-21-18(19-5-2)20-10-7-12-24-14-16-8-6-13-25-16;/h6,8,13,15H,4-5,7,9-12,14H2,1-3H3,(H,22,23)(H2,19,20,21);1H. The molecule has 0 aromatic carbocycles. The molecular formula is C18H33IN4O3. The molecule has 1 aromatic heterocycles. The van der Waals surface area contributed by atoms with Crippen LogP contribution in [0.25, 0.3) is 0 Å². The van der Waals surface area contributed by atoms with Gasteiger partial charge in [-0.15, -0.1) is 24.0 Å². The normalized spacial score (nSPS) is 12.2. The quantitative estimate of drug-likeness (QED) is 0.185. The Labute approximate surface area is 173 Å². The summed E-state index contributed by atoms with van der Waals surface area (Å²) in [6.07, 6.45) is 3.83. The zero-order valence-electron chi connectivity index (χ0n) is 16.0. The van der Waals surface area contributed by atoms with E-state index in [1.165, 1.54) is 0 Å². The van der Waals surface area contributed by atoms with Crippen LogP contribution in [0.5, 0.6) is 0 Å². The molecular weight excluding hydrogens is 447 g/mol. The molecule has 1 rings (SSSR count). The molecule has 0 aliphatic carbocycles. The van der Waals surface area contributed by atoms with Crippen LogP contribution in [0.4, 0.5) is 0 Å². The lowest BCUT2D eigenvalue weighted by atomic mass is 10.2. The molecule has 0 saturated heterocycles. The number of nitrogens with zero attached hydrogens (tertiary/aromatic N) is 1. The number of nitrogens with one attached hydrogen (secondary N) is 3. The molecule has 1 amide bonds. The first kappa shape index (κ1) is 24.7. The molecule has 0 spiro atoms. The van der Waals surface area contributed by atoms with E-state index >= 15 is 0 Å². The lowest BCUT2D eigenvalue weighted by Gasteiger charge is -2.13. The molecule has 7 nitrogen and oxygen atoms in total. The minimum Gasteiger partial charge on any atom is -0.467 e. The van der Waals surface area contributed by atoms with Gasteiger partial charge in [0.05, 0.1) is 6.26 Å². The third-order valence-electron chi connectivity index (χ3n) is 3.55. The van der Waals surface area contributed by atoms with E-state index in [9.17, 15) is 4.79 Å². The Morgan fingerprint density at radius 3 is 2.81 bits per heavy atom. The molecule has 8 heteroatoms. The molecule has 1 heterocycles. The van der Waals surface area contributed by atoms with Crippen molar-refractivity contribution >= 4 is 35.8 Å². The van der Waals surface area contributed by atoms with Crippen molar-refractivity contribution in [3.05, 3.63) is 24.2 Å². The lowest BCUT2D eigenvalue weighted by Crippen LogP contribution is -2.40. The summed E-state index contributed by atoms with van der Waals surface area (Å²) < 4.78 is 10.7. The Hall–Kier alpha value is -1.29. The number of furan rings is 1. The predicted octanol–water partition coefficient (Wildman–Crippen LogP) is 2.66. The van der Waals surface area contributed by atoms with Crippen molar-refractivity contribution in [3.63, 3.8) is 0 Å². The summed E-state index contributed by atoms with van der Waals surface area (Å²) >= 11 is 0. The van der Waals surface area contributed by atoms with Crippen molar-refractivity contribution in [1.82, 2.24) is 16.0 Å². The number of hydrogen-bond donors (Lipinski definition) is 3. The van der Waals surface area contributed by atoms with E-state index in [4.69, 9.17) is 9.15 Å². The van der Waals surface area contributed by atoms with Crippen LogP contribution < -0.4 is 16.0 Å². The first-order valence-electron chi connectivity index (χ1n) is 9.07. The number of aliphatic imine (C=N–C) groups is 1. The SMILES string of the molecule is CCNC(=NCCCOCc1ccco1)NCCC(=O)NC(C)CC.I. The van der Waals surface area contributed by atoms with E-state index in [0.717, 1.165) is 31.1 Å². The van der Waals surface area contributed by atoms with Crippen LogP contribution >= 0.6 is 24.0 Å². The maximum atomic E-state index is 11.7. The van der Waals surface area contributed by atoms with Gasteiger partial charge in [0.2, 0.25) is 5.91 Å². The highest BCUT2D eigenvalue weighted by atomic mass is 127. The van der Waals surface area contributed by atoms with E-state index in [0.29, 0.717) is 32.7 Å². The molecule has 0 saturated carbocycles. The highest BCUT2D eigenvalue weighted by Crippen LogP contribution is 2.01. The summed E-state index contributed by atoms with van der Waals surface area (Å²) in [7, 11) is 0. The summed E-state index contributed by atoms with van der Waals surface area (Å²) in [5, 5.41) is 9.30. The summed E-state index contributed by atoms with van der Waals surface area (Å²) in [4.78, 5) is 16.2. The van der Waals surface area contributed by atoms with Gasteiger partial charge in [0.1, 0.15) is 12.4 Å². The van der Waals surface area contributed by atoms with Crippen LogP contribution in [0.1, 0.15) is 45.8 Å². The molecule has 0 radical (unpaired) electrons. The van der Waals surface area contributed by atoms with E-state index in [1.54, 1.807) is 6.26 Å². The van der Waals surface area contributed by atoms with Gasteiger partial charge < -0.3 is 25.1 Å². The van der Waals surface area contributed by atoms with E-state index in [-0.39, 0.29) is 35.9 Å². The molecule has 1 atom stereocenters. The third-order valence-corrected chi connectivity index (χ3v) is 3.55. The molecule has 3 N–H and O–H groups in total. The summed E-state index contributed by atoms with van der Waals surface area (Å²) in [6, 6.07) is 3.96. The molecule has 1 aromatic rings. The number of rotatable bonds is 12. The highest BCUT2D eigenvalue weighted by molar-refractivity contribution is 14.0. The van der Waals surface area contributed by atoms with Crippen molar-refractivity contribution in [2.45, 2.75) is 52.7 Å². The zero-order chi connectivity index (χ0) is 18.3. The van der Waals surface area contributed by atoms with Gasteiger partial charge in [0.15, 0.2) is 5.96 Å². The molecule has 0 aliphatic rings. The number of carbonyl (C=O) groups excluding carboxylic acids is 1. The number of amides is 1. The maximum absolute atomic E-state index is 11.7. The molecule has 0 fully saturated rings. The molecule has 1 unspecified atom stereocenters. The van der Waals surface area contributed by atoms with Gasteiger partial charge in [-0.2, -0.15) is 0 Å². The fourth-order valence-electron chi connectivity index (χ4n) is 2.01. The van der Waals surface area contributed by atoms with Gasteiger partial charge >= 0.3 is 0 Å². The summed E-state index contributed by atoms with van der Waals surface area (Å²) in [6.45, 7) is 9.18. The zero-order valence-corrected chi connectivity index (χ0v) is 18.4. The van der Waals surface area contributed by atoms with Gasteiger partial charge in [0, 0.05) is 38.7 Å². The summed E-state index contributed by atoms with van der Waals surface area (Å²) in [5.74, 6) is 1.61. The van der Waals surface area contributed by atoms with Crippen LogP contribution in [0.15, 0.2) is 27.8 Å². The lowest BCUT2D eigenvalue weighted by molar-refractivity contribution is -0.121. The van der Waals surface area contributed by atoms with Crippen LogP contribution in [0, 0.1) is 0 Å². The number of carbonyl (C=O) groups is 1. The van der Waals surface area contributed by atoms with Crippen molar-refractivity contribution in [1.29, 1.82) is 0 Å². The fourth-order valence-corrected chi connectivity index (χ4v) is 2.01. The van der Waals surface area contributed by atoms with Crippen LogP contribution in [-0.2, 0) is 16.1 Å². The van der Waals surface area contributed by atoms with E-state index in [1.807, 2.05) is 26.0 Å². The number of hydrogen-bond acceptors (Lipinski definition) is 4. The second-order valence-corrected chi connectivity index (χ2v) is 5.80. The first-order valence-corrected chi connectivity index (χ1v) is 9.07. The minimum absolute atomic E-state index is 0. The van der Waals surface area contributed by atoms with Crippen molar-refractivity contribution in [2.24, 2.45) is 4.99 Å². The van der Waals surface area contributed by atoms with Crippen molar-refractivity contribution in [3.8, 4) is 0 Å². The molecule has 0 aliphatic heterocycles. The largest absolute Gasteiger partial charge is 0.467 e. The molecule has 150 valence electrons. The smallest absolute Gasteiger partial charge is 0.221 e. The number of guanidine groups is 1. The minimum atomic E-state index is 0. The van der Waals surface area contributed by atoms with Gasteiger partial charge in [-0.3, -0.25) is 9.79 Å². The topological polar surface area (TPSA) is 87.9 Å². The monoisotopic (exact) mass is 480 g/mol. The van der Waals surface area contributed by atoms with Crippen LogP contribution in [0.3, 0.4) is 0 Å². The van der Waals surface area contributed by atoms with E-state index in [2.05, 4.69) is 27.9 Å². The Balaban J connectivity index is 0.00000625. The molecule has 0 bridgehead atoms.